The number of hydrogen-bond acceptors (Lipinski definition) is 4. The van der Waals surface area contributed by atoms with Gasteiger partial charge in [0.15, 0.2) is 0 Å². The molecule has 0 spiro atoms. The Morgan fingerprint density at radius 2 is 1.48 bits per heavy atom. The van der Waals surface area contributed by atoms with Crippen molar-refractivity contribution in [2.45, 2.75) is 74.9 Å². The standard InChI is InChI=1S/C36H39N3O4S/c40-34(23-12-24-39-31-21-10-17-29-18-11-22-33(35(29)31)44(39,42)43)38(26-28-15-6-2-7-16-28)32(25-27-13-4-1-5-14-27)36(41)37-30-19-8-3-9-20-30/h1-2,4-7,10-11,13-18,21-22,30,32H,3,8-9,12,19-20,23-26H2,(H,37,41). The summed E-state index contributed by atoms with van der Waals surface area (Å²) < 4.78 is 28.4. The van der Waals surface area contributed by atoms with Gasteiger partial charge in [-0.1, -0.05) is 104 Å². The number of nitrogens with zero attached hydrogens (tertiary/aromatic N) is 2. The molecule has 44 heavy (non-hydrogen) atoms. The van der Waals surface area contributed by atoms with Crippen LogP contribution in [0.1, 0.15) is 56.1 Å². The fourth-order valence-electron chi connectivity index (χ4n) is 6.59. The summed E-state index contributed by atoms with van der Waals surface area (Å²) in [5.41, 5.74) is 2.57. The SMILES string of the molecule is O=C(NC1CCCCC1)C(Cc1ccccc1)N(Cc1ccccc1)C(=O)CCCN1c2cccc3cccc(c23)S1(=O)=O. The van der Waals surface area contributed by atoms with E-state index in [1.54, 1.807) is 17.0 Å². The lowest BCUT2D eigenvalue weighted by atomic mass is 9.94. The molecule has 1 atom stereocenters. The minimum absolute atomic E-state index is 0.118. The van der Waals surface area contributed by atoms with E-state index in [2.05, 4.69) is 5.32 Å². The molecule has 1 N–H and O–H groups in total. The van der Waals surface area contributed by atoms with Crippen molar-refractivity contribution >= 4 is 38.3 Å². The maximum Gasteiger partial charge on any atom is 0.265 e. The highest BCUT2D eigenvalue weighted by Crippen LogP contribution is 2.42. The zero-order valence-corrected chi connectivity index (χ0v) is 25.7. The molecule has 7 nitrogen and oxygen atoms in total. The van der Waals surface area contributed by atoms with Gasteiger partial charge < -0.3 is 10.2 Å². The monoisotopic (exact) mass is 609 g/mol. The number of benzene rings is 4. The first-order chi connectivity index (χ1) is 21.4. The van der Waals surface area contributed by atoms with Crippen LogP contribution in [-0.4, -0.2) is 43.8 Å². The smallest absolute Gasteiger partial charge is 0.265 e. The molecule has 0 bridgehead atoms. The number of amides is 2. The Morgan fingerprint density at radius 3 is 2.18 bits per heavy atom. The Balaban J connectivity index is 1.24. The molecule has 1 heterocycles. The molecule has 0 aromatic heterocycles. The number of anilines is 1. The molecule has 228 valence electrons. The summed E-state index contributed by atoms with van der Waals surface area (Å²) in [6.45, 7) is 0.473. The molecule has 1 aliphatic carbocycles. The van der Waals surface area contributed by atoms with Crippen LogP contribution >= 0.6 is 0 Å². The number of nitrogens with one attached hydrogen (secondary N) is 1. The molecule has 1 unspecified atom stereocenters. The second kappa shape index (κ2) is 13.2. The van der Waals surface area contributed by atoms with Crippen LogP contribution < -0.4 is 9.62 Å². The second-order valence-corrected chi connectivity index (χ2v) is 13.7. The molecule has 2 amide bonds. The van der Waals surface area contributed by atoms with Gasteiger partial charge in [0.25, 0.3) is 10.0 Å². The van der Waals surface area contributed by atoms with Gasteiger partial charge >= 0.3 is 0 Å². The van der Waals surface area contributed by atoms with E-state index in [9.17, 15) is 18.0 Å². The zero-order chi connectivity index (χ0) is 30.5. The summed E-state index contributed by atoms with van der Waals surface area (Å²) in [5.74, 6) is -0.296. The van der Waals surface area contributed by atoms with E-state index in [0.717, 1.165) is 47.6 Å². The van der Waals surface area contributed by atoms with Crippen LogP contribution in [0.2, 0.25) is 0 Å². The van der Waals surface area contributed by atoms with Crippen LogP contribution in [0.25, 0.3) is 10.8 Å². The number of carbonyl (C=O) groups is 2. The van der Waals surface area contributed by atoms with E-state index in [4.69, 9.17) is 0 Å². The van der Waals surface area contributed by atoms with Crippen LogP contribution in [0, 0.1) is 0 Å². The summed E-state index contributed by atoms with van der Waals surface area (Å²) in [5, 5.41) is 4.88. The summed E-state index contributed by atoms with van der Waals surface area (Å²) in [6, 6.07) is 29.9. The molecular formula is C36H39N3O4S. The molecule has 1 aliphatic heterocycles. The Morgan fingerprint density at radius 1 is 0.818 bits per heavy atom. The van der Waals surface area contributed by atoms with E-state index in [0.29, 0.717) is 30.0 Å². The van der Waals surface area contributed by atoms with E-state index >= 15 is 0 Å². The predicted octanol–water partition coefficient (Wildman–Crippen LogP) is 6.22. The maximum absolute atomic E-state index is 14.1. The Bertz CT molecular complexity index is 1720. The topological polar surface area (TPSA) is 86.8 Å². The Kier molecular flexibility index (Phi) is 8.98. The van der Waals surface area contributed by atoms with Gasteiger partial charge in [-0.3, -0.25) is 13.9 Å². The molecule has 1 saturated carbocycles. The lowest BCUT2D eigenvalue weighted by Crippen LogP contribution is -2.52. The molecule has 4 aromatic carbocycles. The third-order valence-corrected chi connectivity index (χ3v) is 10.7. The molecule has 0 radical (unpaired) electrons. The predicted molar refractivity (Wildman–Crippen MR) is 174 cm³/mol. The van der Waals surface area contributed by atoms with Crippen molar-refractivity contribution in [2.24, 2.45) is 0 Å². The van der Waals surface area contributed by atoms with Crippen LogP contribution in [-0.2, 0) is 32.6 Å². The van der Waals surface area contributed by atoms with Gasteiger partial charge in [0.2, 0.25) is 11.8 Å². The van der Waals surface area contributed by atoms with Gasteiger partial charge in [0, 0.05) is 37.4 Å². The minimum atomic E-state index is -3.71. The highest BCUT2D eigenvalue weighted by molar-refractivity contribution is 7.93. The molecule has 1 fully saturated rings. The zero-order valence-electron chi connectivity index (χ0n) is 24.9. The van der Waals surface area contributed by atoms with Gasteiger partial charge in [0.1, 0.15) is 6.04 Å². The largest absolute Gasteiger partial charge is 0.352 e. The van der Waals surface area contributed by atoms with Gasteiger partial charge in [-0.15, -0.1) is 0 Å². The number of carbonyl (C=O) groups excluding carboxylic acids is 2. The summed E-state index contributed by atoms with van der Waals surface area (Å²) in [4.78, 5) is 30.1. The molecule has 0 saturated heterocycles. The van der Waals surface area contributed by atoms with E-state index < -0.39 is 16.1 Å². The molecular weight excluding hydrogens is 570 g/mol. The van der Waals surface area contributed by atoms with Crippen molar-refractivity contribution in [3.8, 4) is 0 Å². The van der Waals surface area contributed by atoms with Crippen molar-refractivity contribution in [1.29, 1.82) is 0 Å². The lowest BCUT2D eigenvalue weighted by Gasteiger charge is -2.33. The van der Waals surface area contributed by atoms with E-state index in [1.807, 2.05) is 84.9 Å². The van der Waals surface area contributed by atoms with Crippen LogP contribution in [0.5, 0.6) is 0 Å². The van der Waals surface area contributed by atoms with Crippen molar-refractivity contribution < 1.29 is 18.0 Å². The van der Waals surface area contributed by atoms with E-state index in [1.165, 1.54) is 10.7 Å². The lowest BCUT2D eigenvalue weighted by molar-refractivity contribution is -0.141. The van der Waals surface area contributed by atoms with Gasteiger partial charge in [-0.25, -0.2) is 8.42 Å². The van der Waals surface area contributed by atoms with Crippen molar-refractivity contribution in [3.05, 3.63) is 108 Å². The molecule has 2 aliphatic rings. The number of sulfonamides is 1. The van der Waals surface area contributed by atoms with Gasteiger partial charge in [-0.05, 0) is 47.9 Å². The van der Waals surface area contributed by atoms with Gasteiger partial charge in [0.05, 0.1) is 10.6 Å². The molecule has 8 heteroatoms. The fourth-order valence-corrected chi connectivity index (χ4v) is 8.34. The number of rotatable bonds is 11. The van der Waals surface area contributed by atoms with Gasteiger partial charge in [-0.2, -0.15) is 0 Å². The van der Waals surface area contributed by atoms with Crippen LogP contribution in [0.4, 0.5) is 5.69 Å². The minimum Gasteiger partial charge on any atom is -0.352 e. The normalized spacial score (nSPS) is 16.5. The summed E-state index contributed by atoms with van der Waals surface area (Å²) >= 11 is 0. The third kappa shape index (κ3) is 6.36. The van der Waals surface area contributed by atoms with Crippen molar-refractivity contribution in [2.75, 3.05) is 10.8 Å². The second-order valence-electron chi connectivity index (χ2n) is 11.9. The summed E-state index contributed by atoms with van der Waals surface area (Å²) in [7, 11) is -3.71. The fraction of sp³-hybridized carbons (Fsp3) is 0.333. The quantitative estimate of drug-likeness (QED) is 0.219. The highest BCUT2D eigenvalue weighted by Gasteiger charge is 2.36. The maximum atomic E-state index is 14.1. The van der Waals surface area contributed by atoms with Crippen molar-refractivity contribution in [1.82, 2.24) is 10.2 Å². The first-order valence-electron chi connectivity index (χ1n) is 15.6. The average Bonchev–Trinajstić information content (AvgIpc) is 3.27. The Hall–Kier alpha value is -4.17. The van der Waals surface area contributed by atoms with Crippen LogP contribution in [0.15, 0.2) is 102 Å². The third-order valence-electron chi connectivity index (χ3n) is 8.85. The summed E-state index contributed by atoms with van der Waals surface area (Å²) in [6.07, 6.45) is 6.13. The first kappa shape index (κ1) is 29.9. The Labute approximate surface area is 259 Å². The van der Waals surface area contributed by atoms with Crippen molar-refractivity contribution in [3.63, 3.8) is 0 Å². The van der Waals surface area contributed by atoms with E-state index in [-0.39, 0.29) is 30.8 Å². The number of hydrogen-bond donors (Lipinski definition) is 1. The van der Waals surface area contributed by atoms with Crippen LogP contribution in [0.3, 0.4) is 0 Å². The average molecular weight is 610 g/mol. The first-order valence-corrected chi connectivity index (χ1v) is 17.1. The highest BCUT2D eigenvalue weighted by atomic mass is 32.2. The molecule has 4 aromatic rings. The molecule has 6 rings (SSSR count).